The molecule has 0 bridgehead atoms. The van der Waals surface area contributed by atoms with Crippen LogP contribution in [-0.4, -0.2) is 37.6 Å². The number of hydrogen-bond acceptors (Lipinski definition) is 2. The number of rotatable bonds is 14. The zero-order chi connectivity index (χ0) is 14.4. The summed E-state index contributed by atoms with van der Waals surface area (Å²) in [4.78, 5) is 0. The fraction of sp³-hybridized carbons (Fsp3) is 1.00. The van der Waals surface area contributed by atoms with Crippen molar-refractivity contribution in [2.24, 2.45) is 0 Å². The summed E-state index contributed by atoms with van der Waals surface area (Å²) in [5.74, 6) is -0.0786. The van der Waals surface area contributed by atoms with E-state index in [1.807, 2.05) is 0 Å². The molecule has 0 aromatic rings. The first-order valence-corrected chi connectivity index (χ1v) is 9.62. The SMILES string of the molecule is CCCCCCCCCCCCCCCS(=O)(=O)O.[LiH]. The maximum atomic E-state index is 10.5. The molecule has 118 valence electrons. The fourth-order valence-electron chi connectivity index (χ4n) is 2.30. The van der Waals surface area contributed by atoms with Crippen molar-refractivity contribution in [3.8, 4) is 0 Å². The van der Waals surface area contributed by atoms with Gasteiger partial charge in [-0.3, -0.25) is 4.55 Å². The van der Waals surface area contributed by atoms with Crippen LogP contribution in [0, 0.1) is 0 Å². The second-order valence-corrected chi connectivity index (χ2v) is 7.10. The summed E-state index contributed by atoms with van der Waals surface area (Å²) in [6.45, 7) is 2.25. The van der Waals surface area contributed by atoms with Crippen molar-refractivity contribution in [2.45, 2.75) is 90.4 Å². The molecule has 1 N–H and O–H groups in total. The molecule has 5 heteroatoms. The molecule has 0 saturated heterocycles. The molecule has 3 nitrogen and oxygen atoms in total. The Morgan fingerprint density at radius 2 is 0.950 bits per heavy atom. The molecule has 0 saturated carbocycles. The van der Waals surface area contributed by atoms with Gasteiger partial charge in [0.2, 0.25) is 0 Å². The van der Waals surface area contributed by atoms with Gasteiger partial charge in [0, 0.05) is 0 Å². The summed E-state index contributed by atoms with van der Waals surface area (Å²) >= 11 is 0. The van der Waals surface area contributed by atoms with E-state index in [0.29, 0.717) is 6.42 Å². The minimum absolute atomic E-state index is 0. The summed E-state index contributed by atoms with van der Waals surface area (Å²) in [6.07, 6.45) is 15.9. The van der Waals surface area contributed by atoms with Crippen LogP contribution in [0.3, 0.4) is 0 Å². The van der Waals surface area contributed by atoms with Crippen molar-refractivity contribution < 1.29 is 13.0 Å². The van der Waals surface area contributed by atoms with Crippen molar-refractivity contribution in [1.29, 1.82) is 0 Å². The Balaban J connectivity index is 0. The third-order valence-electron chi connectivity index (χ3n) is 3.51. The average molecular weight is 300 g/mol. The molecule has 0 radical (unpaired) electrons. The third-order valence-corrected chi connectivity index (χ3v) is 4.31. The Bertz CT molecular complexity index is 279. The Morgan fingerprint density at radius 1 is 0.650 bits per heavy atom. The van der Waals surface area contributed by atoms with Gasteiger partial charge >= 0.3 is 18.9 Å². The van der Waals surface area contributed by atoms with E-state index in [9.17, 15) is 8.42 Å². The second-order valence-electron chi connectivity index (χ2n) is 5.53. The van der Waals surface area contributed by atoms with E-state index in [-0.39, 0.29) is 24.6 Å². The molecule has 0 aliphatic heterocycles. The topological polar surface area (TPSA) is 54.4 Å². The van der Waals surface area contributed by atoms with E-state index in [2.05, 4.69) is 6.92 Å². The van der Waals surface area contributed by atoms with Crippen LogP contribution in [0.25, 0.3) is 0 Å². The molecule has 0 heterocycles. The molecule has 0 atom stereocenters. The zero-order valence-electron chi connectivity index (χ0n) is 12.6. The van der Waals surface area contributed by atoms with Gasteiger partial charge in [-0.25, -0.2) is 0 Å². The summed E-state index contributed by atoms with van der Waals surface area (Å²) in [5.41, 5.74) is 0. The van der Waals surface area contributed by atoms with Crippen LogP contribution in [0.15, 0.2) is 0 Å². The predicted molar refractivity (Wildman–Crippen MR) is 89.3 cm³/mol. The Morgan fingerprint density at radius 3 is 1.25 bits per heavy atom. The maximum absolute atomic E-state index is 10.5. The number of unbranched alkanes of at least 4 members (excludes halogenated alkanes) is 12. The third kappa shape index (κ3) is 20.8. The quantitative estimate of drug-likeness (QED) is 0.295. The van der Waals surface area contributed by atoms with Gasteiger partial charge in [-0.2, -0.15) is 8.42 Å². The van der Waals surface area contributed by atoms with Crippen molar-refractivity contribution in [2.75, 3.05) is 5.75 Å². The van der Waals surface area contributed by atoms with Gasteiger partial charge in [0.05, 0.1) is 5.75 Å². The molecule has 0 fully saturated rings. The predicted octanol–water partition coefficient (Wildman–Crippen LogP) is 4.32. The molecule has 0 aromatic carbocycles. The normalized spacial score (nSPS) is 11.3. The van der Waals surface area contributed by atoms with Crippen molar-refractivity contribution in [3.05, 3.63) is 0 Å². The summed E-state index contributed by atoms with van der Waals surface area (Å²) in [7, 11) is -3.74. The van der Waals surface area contributed by atoms with Crippen LogP contribution in [0.2, 0.25) is 0 Å². The fourth-order valence-corrected chi connectivity index (χ4v) is 2.87. The van der Waals surface area contributed by atoms with Crippen LogP contribution in [0.1, 0.15) is 90.4 Å². The molecule has 0 spiro atoms. The van der Waals surface area contributed by atoms with Crippen LogP contribution in [0.5, 0.6) is 0 Å². The van der Waals surface area contributed by atoms with E-state index in [1.54, 1.807) is 0 Å². The Labute approximate surface area is 138 Å². The van der Waals surface area contributed by atoms with Gasteiger partial charge in [0.15, 0.2) is 0 Å². The summed E-state index contributed by atoms with van der Waals surface area (Å²) in [6, 6.07) is 0. The van der Waals surface area contributed by atoms with Gasteiger partial charge in [-0.05, 0) is 6.42 Å². The molecule has 0 unspecified atom stereocenters. The van der Waals surface area contributed by atoms with E-state index in [1.165, 1.54) is 64.2 Å². The molecular weight excluding hydrogens is 267 g/mol. The van der Waals surface area contributed by atoms with Crippen molar-refractivity contribution in [3.63, 3.8) is 0 Å². The first-order valence-electron chi connectivity index (χ1n) is 8.01. The van der Waals surface area contributed by atoms with E-state index in [4.69, 9.17) is 4.55 Å². The first kappa shape index (κ1) is 22.8. The van der Waals surface area contributed by atoms with Crippen LogP contribution < -0.4 is 0 Å². The second kappa shape index (κ2) is 15.9. The monoisotopic (exact) mass is 300 g/mol. The number of hydrogen-bond donors (Lipinski definition) is 1. The standard InChI is InChI=1S/C15H32O3S.Li.H/c1-2-3-4-5-6-7-8-9-10-11-12-13-14-15-19(16,17)18;;/h2-15H2,1H3,(H,16,17,18);;. The molecule has 0 aromatic heterocycles. The van der Waals surface area contributed by atoms with Crippen molar-refractivity contribution in [1.82, 2.24) is 0 Å². The first-order chi connectivity index (χ1) is 9.06. The minimum atomic E-state index is -3.74. The molecule has 0 aliphatic carbocycles. The summed E-state index contributed by atoms with van der Waals surface area (Å²) < 4.78 is 29.5. The Hall–Kier alpha value is 0.507. The molecule has 0 rings (SSSR count). The van der Waals surface area contributed by atoms with Gasteiger partial charge in [0.1, 0.15) is 0 Å². The van der Waals surface area contributed by atoms with Crippen LogP contribution >= 0.6 is 0 Å². The van der Waals surface area contributed by atoms with E-state index >= 15 is 0 Å². The van der Waals surface area contributed by atoms with E-state index in [0.717, 1.165) is 12.8 Å². The molecular formula is C15H33LiO3S. The van der Waals surface area contributed by atoms with Crippen molar-refractivity contribution >= 4 is 29.0 Å². The Kier molecular flexibility index (Phi) is 18.1. The average Bonchev–Trinajstić information content (AvgIpc) is 2.34. The van der Waals surface area contributed by atoms with Gasteiger partial charge in [-0.1, -0.05) is 84.0 Å². The van der Waals surface area contributed by atoms with Gasteiger partial charge in [0.25, 0.3) is 10.1 Å². The molecule has 20 heavy (non-hydrogen) atoms. The zero-order valence-corrected chi connectivity index (χ0v) is 13.4. The van der Waals surface area contributed by atoms with Gasteiger partial charge < -0.3 is 0 Å². The van der Waals surface area contributed by atoms with Gasteiger partial charge in [-0.15, -0.1) is 0 Å². The molecule has 0 aliphatic rings. The van der Waals surface area contributed by atoms with Crippen LogP contribution in [0.4, 0.5) is 0 Å². The summed E-state index contributed by atoms with van der Waals surface area (Å²) in [5, 5.41) is 0. The molecule has 0 amide bonds. The van der Waals surface area contributed by atoms with Crippen LogP contribution in [-0.2, 0) is 10.1 Å². The van der Waals surface area contributed by atoms with E-state index < -0.39 is 10.1 Å².